The third-order valence-corrected chi connectivity index (χ3v) is 3.22. The Kier molecular flexibility index (Phi) is 7.66. The van der Waals surface area contributed by atoms with Gasteiger partial charge in [0, 0.05) is 12.7 Å². The highest BCUT2D eigenvalue weighted by Crippen LogP contribution is 2.14. The van der Waals surface area contributed by atoms with Gasteiger partial charge >= 0.3 is 5.97 Å². The summed E-state index contributed by atoms with van der Waals surface area (Å²) in [7, 11) is 0. The molecule has 3 nitrogen and oxygen atoms in total. The fraction of sp³-hybridized carbons (Fsp3) is 0.471. The van der Waals surface area contributed by atoms with Crippen LogP contribution in [-0.4, -0.2) is 19.2 Å². The third kappa shape index (κ3) is 6.53. The van der Waals surface area contributed by atoms with Gasteiger partial charge in [-0.25, -0.2) is 4.79 Å². The highest BCUT2D eigenvalue weighted by Gasteiger charge is 2.07. The number of benzene rings is 1. The van der Waals surface area contributed by atoms with Crippen LogP contribution in [-0.2, 0) is 20.9 Å². The first-order valence-electron chi connectivity index (χ1n) is 7.10. The van der Waals surface area contributed by atoms with E-state index in [1.165, 1.54) is 5.56 Å². The number of allylic oxidation sites excluding steroid dienone is 1. The van der Waals surface area contributed by atoms with Crippen molar-refractivity contribution in [1.82, 2.24) is 0 Å². The Morgan fingerprint density at radius 3 is 2.65 bits per heavy atom. The van der Waals surface area contributed by atoms with E-state index in [0.717, 1.165) is 12.0 Å². The van der Waals surface area contributed by atoms with Gasteiger partial charge in [-0.15, -0.1) is 0 Å². The van der Waals surface area contributed by atoms with E-state index in [1.54, 1.807) is 6.08 Å². The first-order chi connectivity index (χ1) is 9.63. The average Bonchev–Trinajstić information content (AvgIpc) is 2.44. The zero-order valence-electron chi connectivity index (χ0n) is 12.6. The molecule has 1 rings (SSSR count). The van der Waals surface area contributed by atoms with Gasteiger partial charge in [0.1, 0.15) is 0 Å². The zero-order valence-corrected chi connectivity index (χ0v) is 12.6. The second-order valence-electron chi connectivity index (χ2n) is 4.87. The van der Waals surface area contributed by atoms with Gasteiger partial charge in [0.05, 0.1) is 13.2 Å². The van der Waals surface area contributed by atoms with E-state index in [0.29, 0.717) is 25.7 Å². The smallest absolute Gasteiger partial charge is 0.330 e. The standard InChI is InChI=1S/C17H24O3/c1-4-20-17(18)12-15(3)14(2)10-11-19-13-16-8-6-5-7-9-16/h5-9,12,14H,4,10-11,13H2,1-3H3/b15-12+. The molecule has 0 saturated carbocycles. The Bertz CT molecular complexity index is 423. The van der Waals surface area contributed by atoms with Gasteiger partial charge in [-0.3, -0.25) is 0 Å². The van der Waals surface area contributed by atoms with E-state index in [1.807, 2.05) is 32.0 Å². The fourth-order valence-electron chi connectivity index (χ4n) is 1.76. The Hall–Kier alpha value is -1.61. The van der Waals surface area contributed by atoms with Gasteiger partial charge in [-0.1, -0.05) is 42.8 Å². The highest BCUT2D eigenvalue weighted by molar-refractivity contribution is 5.82. The molecule has 3 heteroatoms. The summed E-state index contributed by atoms with van der Waals surface area (Å²) in [6.45, 7) is 7.59. The lowest BCUT2D eigenvalue weighted by molar-refractivity contribution is -0.137. The summed E-state index contributed by atoms with van der Waals surface area (Å²) in [4.78, 5) is 11.3. The van der Waals surface area contributed by atoms with Crippen molar-refractivity contribution in [3.63, 3.8) is 0 Å². The molecule has 0 heterocycles. The van der Waals surface area contributed by atoms with Crippen LogP contribution in [0, 0.1) is 5.92 Å². The maximum atomic E-state index is 11.3. The second kappa shape index (κ2) is 9.32. The Balaban J connectivity index is 2.25. The lowest BCUT2D eigenvalue weighted by atomic mass is 9.99. The minimum atomic E-state index is -0.262. The molecule has 0 radical (unpaired) electrons. The van der Waals surface area contributed by atoms with E-state index in [4.69, 9.17) is 9.47 Å². The molecule has 0 aliphatic rings. The Morgan fingerprint density at radius 2 is 2.00 bits per heavy atom. The van der Waals surface area contributed by atoms with Crippen molar-refractivity contribution < 1.29 is 14.3 Å². The average molecular weight is 276 g/mol. The van der Waals surface area contributed by atoms with E-state index in [-0.39, 0.29) is 5.97 Å². The number of esters is 1. The first-order valence-corrected chi connectivity index (χ1v) is 7.10. The Morgan fingerprint density at radius 1 is 1.30 bits per heavy atom. The van der Waals surface area contributed by atoms with Crippen LogP contribution in [0.4, 0.5) is 0 Å². The lowest BCUT2D eigenvalue weighted by Gasteiger charge is -2.12. The molecule has 0 aromatic heterocycles. The third-order valence-electron chi connectivity index (χ3n) is 3.22. The molecule has 0 aliphatic carbocycles. The van der Waals surface area contributed by atoms with Gasteiger partial charge in [-0.2, -0.15) is 0 Å². The van der Waals surface area contributed by atoms with Crippen LogP contribution in [0.3, 0.4) is 0 Å². The van der Waals surface area contributed by atoms with Crippen LogP contribution in [0.2, 0.25) is 0 Å². The lowest BCUT2D eigenvalue weighted by Crippen LogP contribution is -2.07. The van der Waals surface area contributed by atoms with E-state index >= 15 is 0 Å². The van der Waals surface area contributed by atoms with Gasteiger partial charge in [-0.05, 0) is 31.7 Å². The van der Waals surface area contributed by atoms with Crippen molar-refractivity contribution in [3.05, 3.63) is 47.5 Å². The second-order valence-corrected chi connectivity index (χ2v) is 4.87. The summed E-state index contributed by atoms with van der Waals surface area (Å²) >= 11 is 0. The molecule has 110 valence electrons. The largest absolute Gasteiger partial charge is 0.463 e. The monoisotopic (exact) mass is 276 g/mol. The van der Waals surface area contributed by atoms with Crippen molar-refractivity contribution in [3.8, 4) is 0 Å². The molecule has 1 atom stereocenters. The number of ether oxygens (including phenoxy) is 2. The van der Waals surface area contributed by atoms with Gasteiger partial charge < -0.3 is 9.47 Å². The van der Waals surface area contributed by atoms with Gasteiger partial charge in [0.15, 0.2) is 0 Å². The minimum Gasteiger partial charge on any atom is -0.463 e. The summed E-state index contributed by atoms with van der Waals surface area (Å²) in [6, 6.07) is 10.1. The topological polar surface area (TPSA) is 35.5 Å². The summed E-state index contributed by atoms with van der Waals surface area (Å²) in [5.74, 6) is 0.0530. The highest BCUT2D eigenvalue weighted by atomic mass is 16.5. The summed E-state index contributed by atoms with van der Waals surface area (Å²) in [5, 5.41) is 0. The van der Waals surface area contributed by atoms with Crippen molar-refractivity contribution >= 4 is 5.97 Å². The summed E-state index contributed by atoms with van der Waals surface area (Å²) in [6.07, 6.45) is 2.47. The van der Waals surface area contributed by atoms with Crippen molar-refractivity contribution in [2.24, 2.45) is 5.92 Å². The van der Waals surface area contributed by atoms with Crippen LogP contribution in [0.5, 0.6) is 0 Å². The predicted octanol–water partition coefficient (Wildman–Crippen LogP) is 3.74. The minimum absolute atomic E-state index is 0.262. The molecule has 1 aromatic carbocycles. The van der Waals surface area contributed by atoms with Gasteiger partial charge in [0.2, 0.25) is 0 Å². The number of hydrogen-bond donors (Lipinski definition) is 0. The summed E-state index contributed by atoms with van der Waals surface area (Å²) < 4.78 is 10.5. The number of carbonyl (C=O) groups is 1. The maximum absolute atomic E-state index is 11.3. The van der Waals surface area contributed by atoms with Crippen LogP contribution >= 0.6 is 0 Å². The number of rotatable bonds is 8. The van der Waals surface area contributed by atoms with Crippen LogP contribution in [0.25, 0.3) is 0 Å². The maximum Gasteiger partial charge on any atom is 0.330 e. The van der Waals surface area contributed by atoms with Crippen LogP contribution < -0.4 is 0 Å². The van der Waals surface area contributed by atoms with Crippen LogP contribution in [0.15, 0.2) is 42.0 Å². The molecule has 0 spiro atoms. The van der Waals surface area contributed by atoms with Gasteiger partial charge in [0.25, 0.3) is 0 Å². The molecule has 0 fully saturated rings. The molecule has 20 heavy (non-hydrogen) atoms. The SMILES string of the molecule is CCOC(=O)/C=C(\C)C(C)CCOCc1ccccc1. The number of hydrogen-bond acceptors (Lipinski definition) is 3. The molecule has 0 aliphatic heterocycles. The molecular weight excluding hydrogens is 252 g/mol. The zero-order chi connectivity index (χ0) is 14.8. The van der Waals surface area contributed by atoms with E-state index < -0.39 is 0 Å². The molecular formula is C17H24O3. The van der Waals surface area contributed by atoms with Crippen molar-refractivity contribution in [2.45, 2.75) is 33.8 Å². The molecule has 1 aromatic rings. The molecule has 1 unspecified atom stereocenters. The molecule has 0 amide bonds. The van der Waals surface area contributed by atoms with Crippen LogP contribution in [0.1, 0.15) is 32.8 Å². The van der Waals surface area contributed by atoms with E-state index in [2.05, 4.69) is 19.1 Å². The van der Waals surface area contributed by atoms with E-state index in [9.17, 15) is 4.79 Å². The quantitative estimate of drug-likeness (QED) is 0.412. The predicted molar refractivity (Wildman–Crippen MR) is 80.3 cm³/mol. The molecule has 0 bridgehead atoms. The number of carbonyl (C=O) groups excluding carboxylic acids is 1. The first kappa shape index (κ1) is 16.4. The van der Waals surface area contributed by atoms with Crippen molar-refractivity contribution in [2.75, 3.05) is 13.2 Å². The normalized spacial score (nSPS) is 13.1. The molecule has 0 N–H and O–H groups in total. The fourth-order valence-corrected chi connectivity index (χ4v) is 1.76. The molecule has 0 saturated heterocycles. The summed E-state index contributed by atoms with van der Waals surface area (Å²) in [5.41, 5.74) is 2.21. The Labute approximate surface area is 121 Å². The van der Waals surface area contributed by atoms with Crippen molar-refractivity contribution in [1.29, 1.82) is 0 Å².